The number of carbonyl (C=O) groups excluding carboxylic acids is 1. The SMILES string of the molecule is COc1ccc2c(c1)C(=O)NCc1c(-c3noc(C(C)C)n3)ncn1-2. The van der Waals surface area contributed by atoms with Gasteiger partial charge in [-0.05, 0) is 18.2 Å². The van der Waals surface area contributed by atoms with Crippen LogP contribution in [0.3, 0.4) is 0 Å². The molecule has 0 fully saturated rings. The van der Waals surface area contributed by atoms with Crippen molar-refractivity contribution in [3.63, 3.8) is 0 Å². The van der Waals surface area contributed by atoms with E-state index in [1.54, 1.807) is 19.5 Å². The van der Waals surface area contributed by atoms with Crippen LogP contribution in [0.2, 0.25) is 0 Å². The molecule has 0 saturated carbocycles. The van der Waals surface area contributed by atoms with Crippen LogP contribution < -0.4 is 10.1 Å². The number of benzene rings is 1. The minimum atomic E-state index is -0.167. The maximum atomic E-state index is 12.4. The number of amides is 1. The highest BCUT2D eigenvalue weighted by molar-refractivity contribution is 5.99. The second-order valence-corrected chi connectivity index (χ2v) is 6.09. The van der Waals surface area contributed by atoms with Gasteiger partial charge in [0.2, 0.25) is 11.7 Å². The Morgan fingerprint density at radius 2 is 2.20 bits per heavy atom. The zero-order valence-corrected chi connectivity index (χ0v) is 14.1. The highest BCUT2D eigenvalue weighted by Crippen LogP contribution is 2.29. The van der Waals surface area contributed by atoms with E-state index in [4.69, 9.17) is 9.26 Å². The summed E-state index contributed by atoms with van der Waals surface area (Å²) >= 11 is 0. The Morgan fingerprint density at radius 1 is 1.36 bits per heavy atom. The van der Waals surface area contributed by atoms with Gasteiger partial charge in [0.25, 0.3) is 5.91 Å². The van der Waals surface area contributed by atoms with E-state index in [0.717, 1.165) is 11.4 Å². The number of carbonyl (C=O) groups is 1. The van der Waals surface area contributed by atoms with Gasteiger partial charge in [0.1, 0.15) is 17.8 Å². The molecule has 1 N–H and O–H groups in total. The van der Waals surface area contributed by atoms with Gasteiger partial charge in [0.05, 0.1) is 30.6 Å². The molecule has 1 aliphatic rings. The molecular weight excluding hydrogens is 322 g/mol. The van der Waals surface area contributed by atoms with Crippen molar-refractivity contribution in [2.75, 3.05) is 7.11 Å². The van der Waals surface area contributed by atoms with Crippen molar-refractivity contribution in [3.8, 4) is 23.0 Å². The summed E-state index contributed by atoms with van der Waals surface area (Å²) in [7, 11) is 1.57. The minimum Gasteiger partial charge on any atom is -0.497 e. The van der Waals surface area contributed by atoms with Crippen LogP contribution in [0.25, 0.3) is 17.2 Å². The van der Waals surface area contributed by atoms with Crippen molar-refractivity contribution in [3.05, 3.63) is 41.7 Å². The van der Waals surface area contributed by atoms with E-state index in [2.05, 4.69) is 20.4 Å². The smallest absolute Gasteiger partial charge is 0.253 e. The Labute approximate surface area is 143 Å². The topological polar surface area (TPSA) is 95.1 Å². The monoisotopic (exact) mass is 339 g/mol. The molecule has 2 aromatic heterocycles. The Kier molecular flexibility index (Phi) is 3.52. The molecule has 8 heteroatoms. The third-order valence-corrected chi connectivity index (χ3v) is 4.14. The summed E-state index contributed by atoms with van der Waals surface area (Å²) < 4.78 is 12.4. The second kappa shape index (κ2) is 5.73. The summed E-state index contributed by atoms with van der Waals surface area (Å²) in [6.45, 7) is 4.28. The first-order chi connectivity index (χ1) is 12.1. The molecule has 128 valence electrons. The minimum absolute atomic E-state index is 0.135. The maximum absolute atomic E-state index is 12.4. The lowest BCUT2D eigenvalue weighted by atomic mass is 10.1. The molecular formula is C17H17N5O3. The zero-order valence-electron chi connectivity index (χ0n) is 14.1. The van der Waals surface area contributed by atoms with Crippen LogP contribution in [-0.2, 0) is 6.54 Å². The van der Waals surface area contributed by atoms with E-state index < -0.39 is 0 Å². The van der Waals surface area contributed by atoms with Crippen molar-refractivity contribution in [2.45, 2.75) is 26.3 Å². The number of nitrogens with one attached hydrogen (secondary N) is 1. The summed E-state index contributed by atoms with van der Waals surface area (Å²) in [6.07, 6.45) is 1.67. The Morgan fingerprint density at radius 3 is 2.92 bits per heavy atom. The van der Waals surface area contributed by atoms with Crippen LogP contribution in [0, 0.1) is 0 Å². The molecule has 0 radical (unpaired) electrons. The molecule has 0 atom stereocenters. The van der Waals surface area contributed by atoms with Gasteiger partial charge in [0, 0.05) is 5.92 Å². The number of hydrogen-bond acceptors (Lipinski definition) is 6. The van der Waals surface area contributed by atoms with E-state index >= 15 is 0 Å². The first-order valence-corrected chi connectivity index (χ1v) is 7.95. The zero-order chi connectivity index (χ0) is 17.6. The van der Waals surface area contributed by atoms with Crippen molar-refractivity contribution < 1.29 is 14.1 Å². The van der Waals surface area contributed by atoms with Gasteiger partial charge in [0.15, 0.2) is 0 Å². The van der Waals surface area contributed by atoms with Crippen molar-refractivity contribution in [1.82, 2.24) is 25.0 Å². The number of methoxy groups -OCH3 is 1. The van der Waals surface area contributed by atoms with Crippen molar-refractivity contribution >= 4 is 5.91 Å². The summed E-state index contributed by atoms with van der Waals surface area (Å²) in [5.74, 6) is 1.57. The number of ether oxygens (including phenoxy) is 1. The Hall–Kier alpha value is -3.16. The highest BCUT2D eigenvalue weighted by atomic mass is 16.5. The summed E-state index contributed by atoms with van der Waals surface area (Å²) in [4.78, 5) is 21.3. The van der Waals surface area contributed by atoms with E-state index in [1.165, 1.54) is 0 Å². The Balaban J connectivity index is 1.84. The third-order valence-electron chi connectivity index (χ3n) is 4.14. The van der Waals surface area contributed by atoms with Crippen LogP contribution in [0.1, 0.15) is 41.7 Å². The fourth-order valence-corrected chi connectivity index (χ4v) is 2.80. The number of imidazole rings is 1. The van der Waals surface area contributed by atoms with Gasteiger partial charge >= 0.3 is 0 Å². The molecule has 0 aliphatic carbocycles. The largest absolute Gasteiger partial charge is 0.497 e. The van der Waals surface area contributed by atoms with Gasteiger partial charge in [-0.15, -0.1) is 0 Å². The number of fused-ring (bicyclic) bond motifs is 3. The fraction of sp³-hybridized carbons (Fsp3) is 0.294. The molecule has 0 unspecified atom stereocenters. The van der Waals surface area contributed by atoms with Crippen LogP contribution in [0.15, 0.2) is 29.0 Å². The van der Waals surface area contributed by atoms with Gasteiger partial charge in [-0.1, -0.05) is 19.0 Å². The molecule has 0 bridgehead atoms. The predicted octanol–water partition coefficient (Wildman–Crippen LogP) is 2.30. The van der Waals surface area contributed by atoms with Gasteiger partial charge in [-0.2, -0.15) is 4.98 Å². The number of nitrogens with zero attached hydrogens (tertiary/aromatic N) is 4. The first kappa shape index (κ1) is 15.4. The molecule has 1 aliphatic heterocycles. The second-order valence-electron chi connectivity index (χ2n) is 6.09. The third kappa shape index (κ3) is 2.46. The van der Waals surface area contributed by atoms with E-state index in [0.29, 0.717) is 35.3 Å². The first-order valence-electron chi connectivity index (χ1n) is 7.95. The van der Waals surface area contributed by atoms with Crippen LogP contribution in [-0.4, -0.2) is 32.7 Å². The van der Waals surface area contributed by atoms with Gasteiger partial charge < -0.3 is 14.6 Å². The lowest BCUT2D eigenvalue weighted by Gasteiger charge is -2.09. The van der Waals surface area contributed by atoms with E-state index in [-0.39, 0.29) is 11.8 Å². The van der Waals surface area contributed by atoms with Crippen molar-refractivity contribution in [2.24, 2.45) is 0 Å². The number of hydrogen-bond donors (Lipinski definition) is 1. The summed E-state index contributed by atoms with van der Waals surface area (Å²) in [6, 6.07) is 5.36. The molecule has 4 rings (SSSR count). The number of rotatable bonds is 3. The standard InChI is InChI=1S/C17H17N5O3/c1-9(2)17-20-15(21-25-17)14-13-7-18-16(23)11-6-10(24-3)4-5-12(11)22(13)8-19-14/h4-6,8-9H,7H2,1-3H3,(H,18,23). The van der Waals surface area contributed by atoms with Gasteiger partial charge in [-0.25, -0.2) is 4.98 Å². The van der Waals surface area contributed by atoms with Gasteiger partial charge in [-0.3, -0.25) is 9.36 Å². The van der Waals surface area contributed by atoms with E-state index in [1.807, 2.05) is 30.5 Å². The molecule has 25 heavy (non-hydrogen) atoms. The van der Waals surface area contributed by atoms with E-state index in [9.17, 15) is 4.79 Å². The predicted molar refractivity (Wildman–Crippen MR) is 88.7 cm³/mol. The molecule has 3 heterocycles. The summed E-state index contributed by atoms with van der Waals surface area (Å²) in [5, 5.41) is 6.92. The molecule has 0 saturated heterocycles. The quantitative estimate of drug-likeness (QED) is 0.787. The average molecular weight is 339 g/mol. The van der Waals surface area contributed by atoms with Crippen LogP contribution >= 0.6 is 0 Å². The molecule has 8 nitrogen and oxygen atoms in total. The molecule has 1 amide bonds. The van der Waals surface area contributed by atoms with Crippen molar-refractivity contribution in [1.29, 1.82) is 0 Å². The normalized spacial score (nSPS) is 13.2. The fourth-order valence-electron chi connectivity index (χ4n) is 2.80. The lowest BCUT2D eigenvalue weighted by molar-refractivity contribution is 0.0952. The maximum Gasteiger partial charge on any atom is 0.253 e. The molecule has 3 aromatic rings. The molecule has 0 spiro atoms. The average Bonchev–Trinajstić information content (AvgIpc) is 3.23. The highest BCUT2D eigenvalue weighted by Gasteiger charge is 2.25. The summed E-state index contributed by atoms with van der Waals surface area (Å²) in [5.41, 5.74) is 2.66. The Bertz CT molecular complexity index is 957. The number of aromatic nitrogens is 4. The van der Waals surface area contributed by atoms with Crippen LogP contribution in [0.5, 0.6) is 5.75 Å². The van der Waals surface area contributed by atoms with Crippen LogP contribution in [0.4, 0.5) is 0 Å². The molecule has 1 aromatic carbocycles. The lowest BCUT2D eigenvalue weighted by Crippen LogP contribution is -2.21.